The van der Waals surface area contributed by atoms with Gasteiger partial charge in [0, 0.05) is 6.21 Å². The minimum Gasteiger partial charge on any atom is -0.493 e. The number of nitrogens with zero attached hydrogens (tertiary/aromatic N) is 1. The Kier molecular flexibility index (Phi) is 5.17. The molecular formula is C17H18INO. The molecule has 2 aromatic carbocycles. The molecule has 0 aliphatic carbocycles. The summed E-state index contributed by atoms with van der Waals surface area (Å²) in [7, 11) is 0. The fraction of sp³-hybridized carbons (Fsp3) is 0.235. The van der Waals surface area contributed by atoms with Gasteiger partial charge in [-0.1, -0.05) is 12.1 Å². The number of halogens is 1. The predicted octanol–water partition coefficient (Wildman–Crippen LogP) is 5.06. The monoisotopic (exact) mass is 379 g/mol. The number of rotatable bonds is 4. The van der Waals surface area contributed by atoms with Crippen LogP contribution < -0.4 is 4.74 Å². The van der Waals surface area contributed by atoms with Crippen molar-refractivity contribution in [3.8, 4) is 5.75 Å². The van der Waals surface area contributed by atoms with E-state index in [1.54, 1.807) is 0 Å². The Morgan fingerprint density at radius 3 is 2.65 bits per heavy atom. The van der Waals surface area contributed by atoms with Gasteiger partial charge < -0.3 is 4.74 Å². The molecule has 0 bridgehead atoms. The first-order valence-electron chi connectivity index (χ1n) is 6.64. The molecule has 0 fully saturated rings. The van der Waals surface area contributed by atoms with Crippen LogP contribution in [0.4, 0.5) is 5.69 Å². The molecule has 0 saturated carbocycles. The average molecular weight is 379 g/mol. The summed E-state index contributed by atoms with van der Waals surface area (Å²) in [5.41, 5.74) is 4.52. The van der Waals surface area contributed by atoms with Gasteiger partial charge in [0.15, 0.2) is 0 Å². The van der Waals surface area contributed by atoms with Crippen LogP contribution in [0, 0.1) is 17.4 Å². The van der Waals surface area contributed by atoms with Gasteiger partial charge in [-0.3, -0.25) is 4.99 Å². The van der Waals surface area contributed by atoms with E-state index in [9.17, 15) is 0 Å². The first-order chi connectivity index (χ1) is 9.60. The van der Waals surface area contributed by atoms with Gasteiger partial charge in [0.2, 0.25) is 0 Å². The lowest BCUT2D eigenvalue weighted by atomic mass is 10.1. The summed E-state index contributed by atoms with van der Waals surface area (Å²) in [6, 6.07) is 12.4. The van der Waals surface area contributed by atoms with Gasteiger partial charge in [-0.15, -0.1) is 0 Å². The fourth-order valence-electron chi connectivity index (χ4n) is 1.87. The first kappa shape index (κ1) is 15.0. The molecule has 20 heavy (non-hydrogen) atoms. The summed E-state index contributed by atoms with van der Waals surface area (Å²) in [5, 5.41) is 0. The standard InChI is InChI=1S/C17H18INO/c1-4-20-17-8-7-14(10-15(17)18)11-19-16-9-12(2)5-6-13(16)3/h5-11H,4H2,1-3H3. The molecule has 0 unspecified atom stereocenters. The number of benzene rings is 2. The lowest BCUT2D eigenvalue weighted by Gasteiger charge is -2.06. The van der Waals surface area contributed by atoms with E-state index in [1.165, 1.54) is 11.1 Å². The van der Waals surface area contributed by atoms with Crippen LogP contribution in [0.25, 0.3) is 0 Å². The smallest absolute Gasteiger partial charge is 0.132 e. The summed E-state index contributed by atoms with van der Waals surface area (Å²) in [5.74, 6) is 0.928. The van der Waals surface area contributed by atoms with Gasteiger partial charge in [-0.05, 0) is 84.3 Å². The molecular weight excluding hydrogens is 361 g/mol. The maximum atomic E-state index is 5.54. The maximum absolute atomic E-state index is 5.54. The first-order valence-corrected chi connectivity index (χ1v) is 7.71. The van der Waals surface area contributed by atoms with Gasteiger partial charge in [-0.25, -0.2) is 0 Å². The van der Waals surface area contributed by atoms with Crippen LogP contribution in [-0.4, -0.2) is 12.8 Å². The van der Waals surface area contributed by atoms with Crippen LogP contribution in [0.15, 0.2) is 41.4 Å². The van der Waals surface area contributed by atoms with Gasteiger partial charge in [-0.2, -0.15) is 0 Å². The lowest BCUT2D eigenvalue weighted by molar-refractivity contribution is 0.338. The second-order valence-electron chi connectivity index (χ2n) is 4.67. The number of hydrogen-bond donors (Lipinski definition) is 0. The van der Waals surface area contributed by atoms with Gasteiger partial charge in [0.05, 0.1) is 15.9 Å². The van der Waals surface area contributed by atoms with Crippen LogP contribution in [0.3, 0.4) is 0 Å². The fourth-order valence-corrected chi connectivity index (χ4v) is 2.57. The molecule has 0 aliphatic rings. The summed E-state index contributed by atoms with van der Waals surface area (Å²) in [6.07, 6.45) is 1.90. The Morgan fingerprint density at radius 1 is 1.15 bits per heavy atom. The van der Waals surface area contributed by atoms with E-state index in [1.807, 2.05) is 25.3 Å². The quantitative estimate of drug-likeness (QED) is 0.538. The zero-order valence-corrected chi connectivity index (χ0v) is 14.1. The van der Waals surface area contributed by atoms with Crippen LogP contribution in [0.1, 0.15) is 23.6 Å². The molecule has 0 aliphatic heterocycles. The maximum Gasteiger partial charge on any atom is 0.132 e. The Hall–Kier alpha value is -1.36. The molecule has 2 aromatic rings. The third kappa shape index (κ3) is 3.82. The van der Waals surface area contributed by atoms with E-state index < -0.39 is 0 Å². The van der Waals surface area contributed by atoms with Crippen LogP contribution >= 0.6 is 22.6 Å². The summed E-state index contributed by atoms with van der Waals surface area (Å²) in [4.78, 5) is 4.58. The third-order valence-electron chi connectivity index (χ3n) is 2.97. The molecule has 2 nitrogen and oxygen atoms in total. The Bertz CT molecular complexity index is 635. The van der Waals surface area contributed by atoms with Crippen LogP contribution in [0.2, 0.25) is 0 Å². The van der Waals surface area contributed by atoms with E-state index >= 15 is 0 Å². The lowest BCUT2D eigenvalue weighted by Crippen LogP contribution is -1.94. The normalized spacial score (nSPS) is 11.0. The van der Waals surface area contributed by atoms with Crippen molar-refractivity contribution in [3.05, 3.63) is 56.7 Å². The SMILES string of the molecule is CCOc1ccc(C=Nc2cc(C)ccc2C)cc1I. The van der Waals surface area contributed by atoms with Crippen molar-refractivity contribution in [2.75, 3.05) is 6.61 Å². The van der Waals surface area contributed by atoms with Crippen LogP contribution in [-0.2, 0) is 0 Å². The van der Waals surface area contributed by atoms with E-state index in [0.717, 1.165) is 20.6 Å². The number of aliphatic imine (C=N–C) groups is 1. The van der Waals surface area contributed by atoms with Crippen molar-refractivity contribution in [2.45, 2.75) is 20.8 Å². The second-order valence-corrected chi connectivity index (χ2v) is 5.83. The molecule has 0 heterocycles. The molecule has 0 amide bonds. The zero-order chi connectivity index (χ0) is 14.5. The van der Waals surface area contributed by atoms with Crippen molar-refractivity contribution in [2.24, 2.45) is 4.99 Å². The Morgan fingerprint density at radius 2 is 1.95 bits per heavy atom. The van der Waals surface area contributed by atoms with Crippen molar-refractivity contribution in [1.29, 1.82) is 0 Å². The van der Waals surface area contributed by atoms with Gasteiger partial charge >= 0.3 is 0 Å². The van der Waals surface area contributed by atoms with E-state index in [2.05, 4.69) is 65.7 Å². The molecule has 0 spiro atoms. The summed E-state index contributed by atoms with van der Waals surface area (Å²) < 4.78 is 6.64. The van der Waals surface area contributed by atoms with Crippen LogP contribution in [0.5, 0.6) is 5.75 Å². The van der Waals surface area contributed by atoms with Crippen molar-refractivity contribution < 1.29 is 4.74 Å². The topological polar surface area (TPSA) is 21.6 Å². The molecule has 3 heteroatoms. The van der Waals surface area contributed by atoms with E-state index in [-0.39, 0.29) is 0 Å². The highest BCUT2D eigenvalue weighted by molar-refractivity contribution is 14.1. The predicted molar refractivity (Wildman–Crippen MR) is 93.5 cm³/mol. The summed E-state index contributed by atoms with van der Waals surface area (Å²) >= 11 is 2.29. The Labute approximate surface area is 134 Å². The molecule has 0 aromatic heterocycles. The molecule has 0 radical (unpaired) electrons. The van der Waals surface area contributed by atoms with Crippen molar-refractivity contribution in [1.82, 2.24) is 0 Å². The second kappa shape index (κ2) is 6.88. The molecule has 104 valence electrons. The van der Waals surface area contributed by atoms with Crippen molar-refractivity contribution >= 4 is 34.5 Å². The highest BCUT2D eigenvalue weighted by atomic mass is 127. The number of ether oxygens (including phenoxy) is 1. The molecule has 0 atom stereocenters. The molecule has 0 N–H and O–H groups in total. The van der Waals surface area contributed by atoms with E-state index in [4.69, 9.17) is 4.74 Å². The molecule has 0 saturated heterocycles. The van der Waals surface area contributed by atoms with E-state index in [0.29, 0.717) is 6.61 Å². The minimum atomic E-state index is 0.686. The van der Waals surface area contributed by atoms with Gasteiger partial charge in [0.1, 0.15) is 5.75 Å². The highest BCUT2D eigenvalue weighted by Crippen LogP contribution is 2.23. The minimum absolute atomic E-state index is 0.686. The average Bonchev–Trinajstić information content (AvgIpc) is 2.43. The zero-order valence-electron chi connectivity index (χ0n) is 12.0. The highest BCUT2D eigenvalue weighted by Gasteiger charge is 2.01. The number of aryl methyl sites for hydroxylation is 2. The summed E-state index contributed by atoms with van der Waals surface area (Å²) in [6.45, 7) is 6.84. The number of hydrogen-bond acceptors (Lipinski definition) is 2. The van der Waals surface area contributed by atoms with Crippen molar-refractivity contribution in [3.63, 3.8) is 0 Å². The largest absolute Gasteiger partial charge is 0.493 e. The van der Waals surface area contributed by atoms with Gasteiger partial charge in [0.25, 0.3) is 0 Å². The molecule has 2 rings (SSSR count). The third-order valence-corrected chi connectivity index (χ3v) is 3.82. The Balaban J connectivity index is 2.23.